The van der Waals surface area contributed by atoms with Crippen LogP contribution in [-0.2, 0) is 0 Å². The summed E-state index contributed by atoms with van der Waals surface area (Å²) in [6, 6.07) is 11.8. The first-order valence-corrected chi connectivity index (χ1v) is 9.78. The fraction of sp³-hybridized carbons (Fsp3) is 0.300. The van der Waals surface area contributed by atoms with Gasteiger partial charge in [0.15, 0.2) is 5.13 Å². The Bertz CT molecular complexity index is 887. The summed E-state index contributed by atoms with van der Waals surface area (Å²) >= 11 is 1.68. The molecule has 134 valence electrons. The van der Waals surface area contributed by atoms with Crippen LogP contribution in [0.4, 0.5) is 5.13 Å². The molecule has 0 bridgehead atoms. The third kappa shape index (κ3) is 3.51. The number of aryl methyl sites for hydroxylation is 1. The molecule has 1 fully saturated rings. The van der Waals surface area contributed by atoms with Gasteiger partial charge in [-0.3, -0.25) is 4.79 Å². The number of carbonyl (C=O) groups is 1. The fourth-order valence-corrected chi connectivity index (χ4v) is 4.14. The number of hydrogen-bond acceptors (Lipinski definition) is 4. The molecule has 1 aliphatic heterocycles. The lowest BCUT2D eigenvalue weighted by Crippen LogP contribution is -2.35. The van der Waals surface area contributed by atoms with Crippen LogP contribution in [0.2, 0.25) is 0 Å². The SMILES string of the molecule is Cc1csc(N2CCCN(C(=O)c3cccc(-n4cccc4)c3)CC2)n1. The van der Waals surface area contributed by atoms with Crippen molar-refractivity contribution in [3.63, 3.8) is 0 Å². The number of rotatable bonds is 3. The van der Waals surface area contributed by atoms with Crippen LogP contribution < -0.4 is 4.90 Å². The van der Waals surface area contributed by atoms with E-state index in [4.69, 9.17) is 0 Å². The molecule has 1 amide bonds. The van der Waals surface area contributed by atoms with Gasteiger partial charge in [-0.2, -0.15) is 0 Å². The van der Waals surface area contributed by atoms with Crippen LogP contribution in [-0.4, -0.2) is 46.5 Å². The van der Waals surface area contributed by atoms with E-state index in [0.717, 1.165) is 54.7 Å². The molecule has 3 heterocycles. The Morgan fingerprint density at radius 2 is 1.92 bits per heavy atom. The van der Waals surface area contributed by atoms with Gasteiger partial charge >= 0.3 is 0 Å². The molecule has 0 radical (unpaired) electrons. The van der Waals surface area contributed by atoms with Crippen molar-refractivity contribution < 1.29 is 4.79 Å². The van der Waals surface area contributed by atoms with Crippen LogP contribution in [0.3, 0.4) is 0 Å². The lowest BCUT2D eigenvalue weighted by Gasteiger charge is -2.22. The largest absolute Gasteiger partial charge is 0.346 e. The highest BCUT2D eigenvalue weighted by Crippen LogP contribution is 2.22. The normalized spacial score (nSPS) is 15.1. The van der Waals surface area contributed by atoms with Crippen molar-refractivity contribution in [2.24, 2.45) is 0 Å². The van der Waals surface area contributed by atoms with Crippen molar-refractivity contribution in [3.8, 4) is 5.69 Å². The third-order valence-electron chi connectivity index (χ3n) is 4.66. The maximum Gasteiger partial charge on any atom is 0.253 e. The predicted octanol–water partition coefficient (Wildman–Crippen LogP) is 3.59. The Kier molecular flexibility index (Phi) is 4.75. The zero-order valence-corrected chi connectivity index (χ0v) is 15.7. The predicted molar refractivity (Wildman–Crippen MR) is 105 cm³/mol. The first-order chi connectivity index (χ1) is 12.7. The Labute approximate surface area is 157 Å². The summed E-state index contributed by atoms with van der Waals surface area (Å²) in [5, 5.41) is 3.14. The van der Waals surface area contributed by atoms with E-state index in [1.807, 2.05) is 65.2 Å². The minimum absolute atomic E-state index is 0.108. The molecule has 0 spiro atoms. The summed E-state index contributed by atoms with van der Waals surface area (Å²) in [6.45, 7) is 5.31. The molecule has 1 aliphatic rings. The van der Waals surface area contributed by atoms with E-state index in [0.29, 0.717) is 0 Å². The summed E-state index contributed by atoms with van der Waals surface area (Å²) in [6.07, 6.45) is 4.94. The molecule has 0 unspecified atom stereocenters. The molecule has 6 heteroatoms. The van der Waals surface area contributed by atoms with Crippen molar-refractivity contribution in [3.05, 3.63) is 65.4 Å². The number of benzene rings is 1. The molecule has 1 aromatic carbocycles. The fourth-order valence-electron chi connectivity index (χ4n) is 3.29. The van der Waals surface area contributed by atoms with E-state index in [1.54, 1.807) is 11.3 Å². The Balaban J connectivity index is 1.47. The van der Waals surface area contributed by atoms with Gasteiger partial charge in [0.2, 0.25) is 0 Å². The zero-order valence-electron chi connectivity index (χ0n) is 14.8. The Morgan fingerprint density at radius 3 is 2.69 bits per heavy atom. The summed E-state index contributed by atoms with van der Waals surface area (Å²) in [5.41, 5.74) is 2.81. The van der Waals surface area contributed by atoms with Crippen molar-refractivity contribution in [2.75, 3.05) is 31.1 Å². The number of amides is 1. The second-order valence-corrected chi connectivity index (χ2v) is 7.38. The number of nitrogens with zero attached hydrogens (tertiary/aromatic N) is 4. The van der Waals surface area contributed by atoms with Gasteiger partial charge < -0.3 is 14.4 Å². The van der Waals surface area contributed by atoms with Crippen LogP contribution >= 0.6 is 11.3 Å². The summed E-state index contributed by atoms with van der Waals surface area (Å²) in [7, 11) is 0. The van der Waals surface area contributed by atoms with Crippen LogP contribution in [0.25, 0.3) is 5.69 Å². The van der Waals surface area contributed by atoms with Crippen molar-refractivity contribution >= 4 is 22.4 Å². The van der Waals surface area contributed by atoms with E-state index in [9.17, 15) is 4.79 Å². The van der Waals surface area contributed by atoms with E-state index < -0.39 is 0 Å². The first kappa shape index (κ1) is 16.8. The van der Waals surface area contributed by atoms with Gasteiger partial charge in [0.25, 0.3) is 5.91 Å². The van der Waals surface area contributed by atoms with E-state index in [1.165, 1.54) is 0 Å². The summed E-state index contributed by atoms with van der Waals surface area (Å²) in [4.78, 5) is 21.8. The van der Waals surface area contributed by atoms with Crippen molar-refractivity contribution in [1.82, 2.24) is 14.5 Å². The van der Waals surface area contributed by atoms with E-state index in [2.05, 4.69) is 15.3 Å². The van der Waals surface area contributed by atoms with Gasteiger partial charge in [-0.25, -0.2) is 4.98 Å². The van der Waals surface area contributed by atoms with E-state index >= 15 is 0 Å². The van der Waals surface area contributed by atoms with Crippen molar-refractivity contribution in [2.45, 2.75) is 13.3 Å². The molecule has 3 aromatic rings. The highest BCUT2D eigenvalue weighted by Gasteiger charge is 2.21. The molecular formula is C20H22N4OS. The molecule has 0 atom stereocenters. The van der Waals surface area contributed by atoms with Gasteiger partial charge in [0.1, 0.15) is 0 Å². The minimum Gasteiger partial charge on any atom is -0.346 e. The van der Waals surface area contributed by atoms with Gasteiger partial charge in [-0.15, -0.1) is 11.3 Å². The molecule has 0 aliphatic carbocycles. The number of carbonyl (C=O) groups excluding carboxylic acids is 1. The average Bonchev–Trinajstić information content (AvgIpc) is 3.29. The average molecular weight is 366 g/mol. The van der Waals surface area contributed by atoms with Gasteiger partial charge in [-0.05, 0) is 43.7 Å². The number of aromatic nitrogens is 2. The molecule has 2 aromatic heterocycles. The molecule has 1 saturated heterocycles. The Morgan fingerprint density at radius 1 is 1.08 bits per heavy atom. The monoisotopic (exact) mass is 366 g/mol. The molecule has 26 heavy (non-hydrogen) atoms. The summed E-state index contributed by atoms with van der Waals surface area (Å²) < 4.78 is 2.02. The number of hydrogen-bond donors (Lipinski definition) is 0. The quantitative estimate of drug-likeness (QED) is 0.711. The van der Waals surface area contributed by atoms with Gasteiger partial charge in [-0.1, -0.05) is 6.07 Å². The molecule has 5 nitrogen and oxygen atoms in total. The molecular weight excluding hydrogens is 344 g/mol. The molecule has 0 saturated carbocycles. The third-order valence-corrected chi connectivity index (χ3v) is 5.68. The van der Waals surface area contributed by atoms with Gasteiger partial charge in [0, 0.05) is 55.2 Å². The smallest absolute Gasteiger partial charge is 0.253 e. The highest BCUT2D eigenvalue weighted by atomic mass is 32.1. The van der Waals surface area contributed by atoms with Crippen LogP contribution in [0, 0.1) is 6.92 Å². The second kappa shape index (κ2) is 7.33. The number of anilines is 1. The minimum atomic E-state index is 0.108. The molecule has 4 rings (SSSR count). The van der Waals surface area contributed by atoms with Crippen LogP contribution in [0.1, 0.15) is 22.5 Å². The first-order valence-electron chi connectivity index (χ1n) is 8.90. The second-order valence-electron chi connectivity index (χ2n) is 6.54. The Hall–Kier alpha value is -2.60. The van der Waals surface area contributed by atoms with Crippen LogP contribution in [0.15, 0.2) is 54.2 Å². The molecule has 0 N–H and O–H groups in total. The highest BCUT2D eigenvalue weighted by molar-refractivity contribution is 7.13. The summed E-state index contributed by atoms with van der Waals surface area (Å²) in [5.74, 6) is 0.108. The lowest BCUT2D eigenvalue weighted by molar-refractivity contribution is 0.0767. The maximum atomic E-state index is 13.0. The van der Waals surface area contributed by atoms with Crippen LogP contribution in [0.5, 0.6) is 0 Å². The maximum absolute atomic E-state index is 13.0. The zero-order chi connectivity index (χ0) is 17.9. The topological polar surface area (TPSA) is 41.4 Å². The van der Waals surface area contributed by atoms with E-state index in [-0.39, 0.29) is 5.91 Å². The van der Waals surface area contributed by atoms with Crippen molar-refractivity contribution in [1.29, 1.82) is 0 Å². The standard InChI is InChI=1S/C20H22N4OS/c1-16-15-26-20(21-16)24-11-5-10-23(12-13-24)19(25)17-6-4-7-18(14-17)22-8-2-3-9-22/h2-4,6-9,14-15H,5,10-13H2,1H3. The lowest BCUT2D eigenvalue weighted by atomic mass is 10.1. The number of thiazole rings is 1. The van der Waals surface area contributed by atoms with Gasteiger partial charge in [0.05, 0.1) is 5.69 Å².